The van der Waals surface area contributed by atoms with Gasteiger partial charge in [0.05, 0.1) is 11.7 Å². The molecule has 0 aromatic heterocycles. The van der Waals surface area contributed by atoms with Gasteiger partial charge in [-0.2, -0.15) is 5.26 Å². The molecule has 6 heteroatoms. The molecular formula is C27H31FN4O. The van der Waals surface area contributed by atoms with Crippen LogP contribution in [0.1, 0.15) is 48.9 Å². The Labute approximate surface area is 195 Å². The molecule has 1 saturated heterocycles. The third kappa shape index (κ3) is 5.36. The van der Waals surface area contributed by atoms with E-state index in [-0.39, 0.29) is 23.3 Å². The zero-order valence-electron chi connectivity index (χ0n) is 19.2. The molecule has 1 aliphatic carbocycles. The Hall–Kier alpha value is -3.33. The van der Waals surface area contributed by atoms with Crippen molar-refractivity contribution < 1.29 is 9.18 Å². The Morgan fingerprint density at radius 2 is 1.85 bits per heavy atom. The van der Waals surface area contributed by atoms with Crippen molar-refractivity contribution in [3.63, 3.8) is 0 Å². The smallest absolute Gasteiger partial charge is 0.263 e. The molecule has 2 aromatic rings. The van der Waals surface area contributed by atoms with Gasteiger partial charge in [-0.05, 0) is 60.9 Å². The van der Waals surface area contributed by atoms with Gasteiger partial charge in [-0.1, -0.05) is 37.3 Å². The molecule has 2 aromatic carbocycles. The monoisotopic (exact) mass is 446 g/mol. The van der Waals surface area contributed by atoms with E-state index in [0.717, 1.165) is 24.8 Å². The fourth-order valence-corrected chi connectivity index (χ4v) is 4.75. The van der Waals surface area contributed by atoms with Crippen LogP contribution in [0.15, 0.2) is 54.2 Å². The lowest BCUT2D eigenvalue weighted by Crippen LogP contribution is -2.44. The number of nitrogens with zero attached hydrogens (tertiary/aromatic N) is 3. The highest BCUT2D eigenvalue weighted by Crippen LogP contribution is 2.26. The van der Waals surface area contributed by atoms with Gasteiger partial charge < -0.3 is 15.1 Å². The van der Waals surface area contributed by atoms with E-state index in [1.54, 1.807) is 18.3 Å². The van der Waals surface area contributed by atoms with Gasteiger partial charge in [0.25, 0.3) is 5.91 Å². The number of carbonyl (C=O) groups excluding carboxylic acids is 1. The Balaban J connectivity index is 1.39. The predicted octanol–water partition coefficient (Wildman–Crippen LogP) is 4.50. The summed E-state index contributed by atoms with van der Waals surface area (Å²) < 4.78 is 14.1. The normalized spacial score (nSPS) is 17.2. The van der Waals surface area contributed by atoms with Crippen LogP contribution in [-0.4, -0.2) is 37.0 Å². The number of piperazine rings is 1. The van der Waals surface area contributed by atoms with Crippen molar-refractivity contribution in [2.45, 2.75) is 45.1 Å². The minimum Gasteiger partial charge on any atom is -0.373 e. The number of carbonyl (C=O) groups is 1. The van der Waals surface area contributed by atoms with Gasteiger partial charge in [-0.25, -0.2) is 4.39 Å². The van der Waals surface area contributed by atoms with E-state index in [1.165, 1.54) is 30.0 Å². The number of aryl methyl sites for hydroxylation is 2. The van der Waals surface area contributed by atoms with Crippen LogP contribution in [0.25, 0.3) is 0 Å². The van der Waals surface area contributed by atoms with E-state index in [0.29, 0.717) is 31.9 Å². The minimum atomic E-state index is -0.349. The van der Waals surface area contributed by atoms with Gasteiger partial charge in [-0.15, -0.1) is 0 Å². The molecule has 5 nitrogen and oxygen atoms in total. The number of fused-ring (bicyclic) bond motifs is 1. The number of benzene rings is 2. The number of nitrogens with one attached hydrogen (secondary N) is 1. The number of anilines is 1. The second-order valence-electron chi connectivity index (χ2n) is 8.80. The molecule has 1 atom stereocenters. The molecule has 4 rings (SSSR count). The topological polar surface area (TPSA) is 59.4 Å². The van der Waals surface area contributed by atoms with Crippen molar-refractivity contribution in [1.82, 2.24) is 10.2 Å². The van der Waals surface area contributed by atoms with Crippen LogP contribution in [0.2, 0.25) is 0 Å². The molecule has 1 N–H and O–H groups in total. The first-order valence-corrected chi connectivity index (χ1v) is 11.9. The van der Waals surface area contributed by atoms with Crippen LogP contribution in [0.4, 0.5) is 10.1 Å². The van der Waals surface area contributed by atoms with E-state index < -0.39 is 0 Å². The maximum absolute atomic E-state index is 14.1. The van der Waals surface area contributed by atoms with Crippen LogP contribution < -0.4 is 10.2 Å². The van der Waals surface area contributed by atoms with Crippen molar-refractivity contribution in [2.24, 2.45) is 0 Å². The summed E-state index contributed by atoms with van der Waals surface area (Å²) in [6, 6.07) is 15.2. The summed E-state index contributed by atoms with van der Waals surface area (Å²) in [5, 5.41) is 12.7. The van der Waals surface area contributed by atoms with E-state index in [2.05, 4.69) is 29.6 Å². The van der Waals surface area contributed by atoms with Gasteiger partial charge in [0, 0.05) is 32.4 Å². The highest BCUT2D eigenvalue weighted by atomic mass is 19.1. The number of nitriles is 1. The summed E-state index contributed by atoms with van der Waals surface area (Å²) >= 11 is 0. The van der Waals surface area contributed by atoms with Gasteiger partial charge in [0.15, 0.2) is 0 Å². The number of rotatable bonds is 6. The van der Waals surface area contributed by atoms with Crippen LogP contribution in [-0.2, 0) is 17.6 Å². The summed E-state index contributed by atoms with van der Waals surface area (Å²) in [7, 11) is 0. The Bertz CT molecular complexity index is 1070. The first-order chi connectivity index (χ1) is 16.1. The fraction of sp³-hybridized carbons (Fsp3) is 0.407. The highest BCUT2D eigenvalue weighted by molar-refractivity contribution is 5.97. The SMILES string of the molecule is CCC(NC(=O)/C(C#N)=C\N1CCN(c2ccccc2F)CC1)c1ccc2c(c1)CCCC2. The average molecular weight is 447 g/mol. The Kier molecular flexibility index (Phi) is 7.29. The quantitative estimate of drug-likeness (QED) is 0.524. The highest BCUT2D eigenvalue weighted by Gasteiger charge is 2.21. The lowest BCUT2D eigenvalue weighted by molar-refractivity contribution is -0.117. The zero-order chi connectivity index (χ0) is 23.2. The first kappa shape index (κ1) is 22.8. The van der Waals surface area contributed by atoms with Crippen LogP contribution >= 0.6 is 0 Å². The van der Waals surface area contributed by atoms with Gasteiger partial charge in [-0.3, -0.25) is 4.79 Å². The van der Waals surface area contributed by atoms with E-state index in [1.807, 2.05) is 22.8 Å². The molecule has 172 valence electrons. The maximum Gasteiger partial charge on any atom is 0.263 e. The standard InChI is InChI=1S/C27H31FN4O/c1-2-25(22-12-11-20-7-3-4-8-21(20)17-22)30-27(33)23(18-29)19-31-13-15-32(16-14-31)26-10-6-5-9-24(26)28/h5-6,9-12,17,19,25H,2-4,7-8,13-16H2,1H3,(H,30,33)/b23-19-. The van der Waals surface area contributed by atoms with Crippen LogP contribution in [0.5, 0.6) is 0 Å². The molecule has 0 saturated carbocycles. The second-order valence-corrected chi connectivity index (χ2v) is 8.80. The second kappa shape index (κ2) is 10.5. The van der Waals surface area contributed by atoms with E-state index in [9.17, 15) is 14.4 Å². The van der Waals surface area contributed by atoms with Crippen LogP contribution in [0.3, 0.4) is 0 Å². The summed E-state index contributed by atoms with van der Waals surface area (Å²) in [6.07, 6.45) is 7.08. The fourth-order valence-electron chi connectivity index (χ4n) is 4.75. The lowest BCUT2D eigenvalue weighted by Gasteiger charge is -2.35. The lowest BCUT2D eigenvalue weighted by atomic mass is 9.88. The molecule has 2 aliphatic rings. The number of amides is 1. The van der Waals surface area contributed by atoms with E-state index in [4.69, 9.17) is 0 Å². The van der Waals surface area contributed by atoms with Gasteiger partial charge >= 0.3 is 0 Å². The first-order valence-electron chi connectivity index (χ1n) is 11.9. The number of halogens is 1. The van der Waals surface area contributed by atoms with Crippen molar-refractivity contribution in [2.75, 3.05) is 31.1 Å². The average Bonchev–Trinajstić information content (AvgIpc) is 2.86. The molecule has 1 fully saturated rings. The molecule has 33 heavy (non-hydrogen) atoms. The molecule has 1 heterocycles. The summed E-state index contributed by atoms with van der Waals surface area (Å²) in [5.74, 6) is -0.579. The molecule has 1 aliphatic heterocycles. The number of para-hydroxylation sites is 1. The Morgan fingerprint density at radius 3 is 2.55 bits per heavy atom. The summed E-state index contributed by atoms with van der Waals surface area (Å²) in [4.78, 5) is 16.9. The molecule has 0 spiro atoms. The maximum atomic E-state index is 14.1. The zero-order valence-corrected chi connectivity index (χ0v) is 19.2. The summed E-state index contributed by atoms with van der Waals surface area (Å²) in [6.45, 7) is 4.54. The molecule has 0 bridgehead atoms. The van der Waals surface area contributed by atoms with Gasteiger partial charge in [0.1, 0.15) is 17.5 Å². The third-order valence-electron chi connectivity index (χ3n) is 6.67. The van der Waals surface area contributed by atoms with Crippen molar-refractivity contribution in [3.05, 3.63) is 76.7 Å². The molecular weight excluding hydrogens is 415 g/mol. The van der Waals surface area contributed by atoms with Crippen molar-refractivity contribution in [3.8, 4) is 6.07 Å². The summed E-state index contributed by atoms with van der Waals surface area (Å²) in [5.41, 5.74) is 4.59. The third-order valence-corrected chi connectivity index (χ3v) is 6.67. The Morgan fingerprint density at radius 1 is 1.12 bits per heavy atom. The number of hydrogen-bond acceptors (Lipinski definition) is 4. The van der Waals surface area contributed by atoms with Gasteiger partial charge in [0.2, 0.25) is 0 Å². The molecule has 1 amide bonds. The number of hydrogen-bond donors (Lipinski definition) is 1. The van der Waals surface area contributed by atoms with E-state index >= 15 is 0 Å². The van der Waals surface area contributed by atoms with Crippen LogP contribution in [0, 0.1) is 17.1 Å². The minimum absolute atomic E-state index is 0.103. The predicted molar refractivity (Wildman–Crippen MR) is 128 cm³/mol. The molecule has 0 radical (unpaired) electrons. The van der Waals surface area contributed by atoms with Crippen molar-refractivity contribution in [1.29, 1.82) is 5.26 Å². The molecule has 1 unspecified atom stereocenters. The van der Waals surface area contributed by atoms with Crippen molar-refractivity contribution >= 4 is 11.6 Å². The largest absolute Gasteiger partial charge is 0.373 e.